The van der Waals surface area contributed by atoms with Gasteiger partial charge in [-0.1, -0.05) is 13.0 Å². The Labute approximate surface area is 116 Å². The van der Waals surface area contributed by atoms with Crippen molar-refractivity contribution in [2.24, 2.45) is 0 Å². The molecule has 108 valence electrons. The summed E-state index contributed by atoms with van der Waals surface area (Å²) < 4.78 is 13.2. The number of rotatable bonds is 3. The zero-order valence-corrected chi connectivity index (χ0v) is 11.3. The summed E-state index contributed by atoms with van der Waals surface area (Å²) in [6.07, 6.45) is -0.384. The highest BCUT2D eigenvalue weighted by Crippen LogP contribution is 2.16. The first-order chi connectivity index (χ1) is 9.51. The number of carbonyl (C=O) groups is 2. The third-order valence-electron chi connectivity index (χ3n) is 3.50. The molecule has 1 aliphatic heterocycles. The molecule has 0 unspecified atom stereocenters. The largest absolute Gasteiger partial charge is 0.465 e. The lowest BCUT2D eigenvalue weighted by Crippen LogP contribution is -2.51. The Morgan fingerprint density at radius 1 is 1.35 bits per heavy atom. The molecule has 20 heavy (non-hydrogen) atoms. The number of halogens is 1. The van der Waals surface area contributed by atoms with E-state index >= 15 is 0 Å². The standard InChI is InChI=1S/C14H17FN2O3/c1-2-10-7-12(15)4-3-11(10)8-16-5-6-17(14(19)20)9-13(16)18/h3-4,7H,2,5-6,8-9H2,1H3,(H,19,20). The molecule has 0 atom stereocenters. The average Bonchev–Trinajstić information content (AvgIpc) is 2.42. The van der Waals surface area contributed by atoms with Gasteiger partial charge in [0.05, 0.1) is 0 Å². The Balaban J connectivity index is 2.08. The number of hydrogen-bond donors (Lipinski definition) is 1. The van der Waals surface area contributed by atoms with Crippen LogP contribution in [0.25, 0.3) is 0 Å². The normalized spacial score (nSPS) is 15.6. The molecule has 0 aliphatic carbocycles. The van der Waals surface area contributed by atoms with Gasteiger partial charge in [0.1, 0.15) is 12.4 Å². The van der Waals surface area contributed by atoms with Crippen molar-refractivity contribution in [1.29, 1.82) is 0 Å². The number of amides is 2. The maximum absolute atomic E-state index is 13.2. The second-order valence-electron chi connectivity index (χ2n) is 4.79. The first-order valence-electron chi connectivity index (χ1n) is 6.54. The number of benzene rings is 1. The van der Waals surface area contributed by atoms with Gasteiger partial charge in [-0.3, -0.25) is 9.69 Å². The van der Waals surface area contributed by atoms with Crippen LogP contribution in [-0.2, 0) is 17.8 Å². The van der Waals surface area contributed by atoms with Gasteiger partial charge >= 0.3 is 6.09 Å². The minimum atomic E-state index is -1.07. The van der Waals surface area contributed by atoms with E-state index in [1.54, 1.807) is 11.0 Å². The van der Waals surface area contributed by atoms with Crippen molar-refractivity contribution < 1.29 is 19.1 Å². The Hall–Kier alpha value is -2.11. The molecule has 1 fully saturated rings. The summed E-state index contributed by atoms with van der Waals surface area (Å²) in [4.78, 5) is 25.5. The van der Waals surface area contributed by atoms with Gasteiger partial charge in [0.2, 0.25) is 5.91 Å². The molecule has 6 heteroatoms. The fourth-order valence-corrected chi connectivity index (χ4v) is 2.32. The first-order valence-corrected chi connectivity index (χ1v) is 6.54. The second kappa shape index (κ2) is 5.90. The third kappa shape index (κ3) is 3.07. The molecule has 1 saturated heterocycles. The SMILES string of the molecule is CCc1cc(F)ccc1CN1CCN(C(=O)O)CC1=O. The smallest absolute Gasteiger partial charge is 0.407 e. The van der Waals surface area contributed by atoms with Crippen molar-refractivity contribution in [2.45, 2.75) is 19.9 Å². The number of hydrogen-bond acceptors (Lipinski definition) is 2. The van der Waals surface area contributed by atoms with Crippen molar-refractivity contribution in [3.63, 3.8) is 0 Å². The predicted molar refractivity (Wildman–Crippen MR) is 70.8 cm³/mol. The number of nitrogens with zero attached hydrogens (tertiary/aromatic N) is 2. The molecular weight excluding hydrogens is 263 g/mol. The van der Waals surface area contributed by atoms with Gasteiger partial charge in [0.15, 0.2) is 0 Å². The number of piperazine rings is 1. The highest BCUT2D eigenvalue weighted by atomic mass is 19.1. The first kappa shape index (κ1) is 14.3. The molecule has 0 bridgehead atoms. The van der Waals surface area contributed by atoms with Crippen molar-refractivity contribution in [3.8, 4) is 0 Å². The van der Waals surface area contributed by atoms with Crippen LogP contribution in [0.15, 0.2) is 18.2 Å². The maximum Gasteiger partial charge on any atom is 0.407 e. The second-order valence-corrected chi connectivity index (χ2v) is 4.79. The van der Waals surface area contributed by atoms with Crippen molar-refractivity contribution in [2.75, 3.05) is 19.6 Å². The van der Waals surface area contributed by atoms with Crippen LogP contribution in [0, 0.1) is 5.82 Å². The summed E-state index contributed by atoms with van der Waals surface area (Å²) in [5, 5.41) is 8.86. The van der Waals surface area contributed by atoms with Gasteiger partial charge in [0, 0.05) is 19.6 Å². The average molecular weight is 280 g/mol. The summed E-state index contributed by atoms with van der Waals surface area (Å²) in [5.41, 5.74) is 1.78. The minimum absolute atomic E-state index is 0.113. The van der Waals surface area contributed by atoms with Crippen LogP contribution in [0.4, 0.5) is 9.18 Å². The molecule has 0 saturated carbocycles. The highest BCUT2D eigenvalue weighted by molar-refractivity contribution is 5.83. The van der Waals surface area contributed by atoms with E-state index in [1.807, 2.05) is 6.92 Å². The van der Waals surface area contributed by atoms with Crippen LogP contribution in [0.5, 0.6) is 0 Å². The fourth-order valence-electron chi connectivity index (χ4n) is 2.32. The molecule has 1 N–H and O–H groups in total. The number of carbonyl (C=O) groups excluding carboxylic acids is 1. The molecule has 2 amide bonds. The monoisotopic (exact) mass is 280 g/mol. The van der Waals surface area contributed by atoms with E-state index in [0.29, 0.717) is 26.1 Å². The summed E-state index contributed by atoms with van der Waals surface area (Å²) >= 11 is 0. The topological polar surface area (TPSA) is 60.9 Å². The van der Waals surface area contributed by atoms with E-state index in [0.717, 1.165) is 16.0 Å². The highest BCUT2D eigenvalue weighted by Gasteiger charge is 2.27. The molecule has 0 aromatic heterocycles. The summed E-state index contributed by atoms with van der Waals surface area (Å²) in [7, 11) is 0. The quantitative estimate of drug-likeness (QED) is 0.917. The van der Waals surface area contributed by atoms with Gasteiger partial charge in [-0.15, -0.1) is 0 Å². The van der Waals surface area contributed by atoms with Crippen LogP contribution in [0.1, 0.15) is 18.1 Å². The fraction of sp³-hybridized carbons (Fsp3) is 0.429. The van der Waals surface area contributed by atoms with E-state index in [-0.39, 0.29) is 18.3 Å². The van der Waals surface area contributed by atoms with Gasteiger partial charge in [0.25, 0.3) is 0 Å². The molecule has 0 spiro atoms. The lowest BCUT2D eigenvalue weighted by Gasteiger charge is -2.33. The van der Waals surface area contributed by atoms with E-state index < -0.39 is 6.09 Å². The molecule has 5 nitrogen and oxygen atoms in total. The van der Waals surface area contributed by atoms with Crippen LogP contribution in [0.3, 0.4) is 0 Å². The summed E-state index contributed by atoms with van der Waals surface area (Å²) in [6.45, 7) is 2.89. The van der Waals surface area contributed by atoms with E-state index in [1.165, 1.54) is 12.1 Å². The van der Waals surface area contributed by atoms with Crippen LogP contribution in [0.2, 0.25) is 0 Å². The van der Waals surface area contributed by atoms with Crippen LogP contribution in [-0.4, -0.2) is 46.5 Å². The van der Waals surface area contributed by atoms with Gasteiger partial charge in [-0.25, -0.2) is 9.18 Å². The summed E-state index contributed by atoms with van der Waals surface area (Å²) in [6, 6.07) is 4.55. The van der Waals surface area contributed by atoms with Crippen LogP contribution < -0.4 is 0 Å². The van der Waals surface area contributed by atoms with E-state index in [2.05, 4.69) is 0 Å². The van der Waals surface area contributed by atoms with Crippen molar-refractivity contribution in [1.82, 2.24) is 9.80 Å². The number of carboxylic acid groups (broad SMARTS) is 1. The van der Waals surface area contributed by atoms with E-state index in [9.17, 15) is 14.0 Å². The Morgan fingerprint density at radius 3 is 2.70 bits per heavy atom. The molecule has 1 aliphatic rings. The van der Waals surface area contributed by atoms with Gasteiger partial charge in [-0.05, 0) is 29.7 Å². The lowest BCUT2D eigenvalue weighted by molar-refractivity contribution is -0.135. The van der Waals surface area contributed by atoms with Gasteiger partial charge < -0.3 is 10.0 Å². The Morgan fingerprint density at radius 2 is 2.10 bits per heavy atom. The van der Waals surface area contributed by atoms with Crippen molar-refractivity contribution >= 4 is 12.0 Å². The molecule has 1 aromatic carbocycles. The molecule has 1 aromatic rings. The molecule has 0 radical (unpaired) electrons. The maximum atomic E-state index is 13.2. The van der Waals surface area contributed by atoms with E-state index in [4.69, 9.17) is 5.11 Å². The molecule has 2 rings (SSSR count). The number of aryl methyl sites for hydroxylation is 1. The Bertz CT molecular complexity index is 533. The molecule has 1 heterocycles. The zero-order chi connectivity index (χ0) is 14.7. The van der Waals surface area contributed by atoms with Gasteiger partial charge in [-0.2, -0.15) is 0 Å². The minimum Gasteiger partial charge on any atom is -0.465 e. The lowest BCUT2D eigenvalue weighted by atomic mass is 10.0. The van der Waals surface area contributed by atoms with Crippen LogP contribution >= 0.6 is 0 Å². The Kier molecular flexibility index (Phi) is 4.22. The summed E-state index contributed by atoms with van der Waals surface area (Å²) in [5.74, 6) is -0.502. The van der Waals surface area contributed by atoms with Crippen molar-refractivity contribution in [3.05, 3.63) is 35.1 Å². The predicted octanol–water partition coefficient (Wildman–Crippen LogP) is 1.71. The zero-order valence-electron chi connectivity index (χ0n) is 11.3. The third-order valence-corrected chi connectivity index (χ3v) is 3.50. The molecular formula is C14H17FN2O3.